The second-order valence-electron chi connectivity index (χ2n) is 29.7. The third kappa shape index (κ3) is 79.5. The monoisotopic (exact) mass is 1580 g/mol. The number of hydrogen-bond acceptors (Lipinski definition) is 29. The maximum atomic E-state index is 11.3. The summed E-state index contributed by atoms with van der Waals surface area (Å²) < 4.78 is 0. The molecule has 110 heavy (non-hydrogen) atoms. The van der Waals surface area contributed by atoms with Gasteiger partial charge in [-0.15, -0.1) is 0 Å². The second kappa shape index (κ2) is 76.4. The summed E-state index contributed by atoms with van der Waals surface area (Å²) in [6.07, 6.45) is 7.98. The Morgan fingerprint density at radius 2 is 0.455 bits per heavy atom. The van der Waals surface area contributed by atoms with Crippen LogP contribution in [0.1, 0.15) is 230 Å². The van der Waals surface area contributed by atoms with Crippen molar-refractivity contribution in [1.82, 2.24) is 10.6 Å². The Hall–Kier alpha value is -6.60. The number of Topliss-reactive ketones (excluding diaryl/α,β-unsaturated/α-hetero) is 10. The molecule has 0 rings (SSSR count). The van der Waals surface area contributed by atoms with E-state index in [2.05, 4.69) is 33.8 Å². The zero-order valence-corrected chi connectivity index (χ0v) is 72.6. The normalized spacial score (nSPS) is 13.2. The molecule has 33 heteroatoms. The predicted molar refractivity (Wildman–Crippen MR) is 457 cm³/mol. The van der Waals surface area contributed by atoms with Crippen LogP contribution in [0, 0.1) is 59.2 Å². The average Bonchev–Trinajstić information content (AvgIpc) is 0.879. The number of nitrogens with two attached hydrogens (primary N) is 19. The molecule has 0 heterocycles. The van der Waals surface area contributed by atoms with Gasteiger partial charge in [0.05, 0.1) is 72.1 Å². The number of carbonyl (C=O) groups excluding carboxylic acids is 10. The molecule has 33 nitrogen and oxygen atoms in total. The number of rotatable bonds is 44. The minimum atomic E-state index is -0.495. The Kier molecular flexibility index (Phi) is 86.3. The van der Waals surface area contributed by atoms with Crippen LogP contribution < -0.4 is 120 Å². The van der Waals surface area contributed by atoms with Crippen LogP contribution in [-0.4, -0.2) is 176 Å². The first kappa shape index (κ1) is 124. The van der Waals surface area contributed by atoms with Crippen LogP contribution in [-0.2, 0) is 47.9 Å². The van der Waals surface area contributed by atoms with E-state index in [1.54, 1.807) is 0 Å². The zero-order chi connectivity index (χ0) is 89.2. The van der Waals surface area contributed by atoms with E-state index in [1.165, 1.54) is 0 Å². The molecule has 0 spiro atoms. The van der Waals surface area contributed by atoms with Crippen LogP contribution in [0.5, 0.6) is 0 Å². The highest BCUT2D eigenvalue weighted by molar-refractivity contribution is 5.89. The molecular formula is C77H169N23O10. The predicted octanol–water partition coefficient (Wildman–Crippen LogP) is 1.20. The standard InChI is InChI=1S/2C8H18N4O.2C8H17N3O.2C8H18N2O.C8H17NO.C7H16N2O.2C7H15NO/c2*1-5(2)7(13)6(9)3-4-12-8(10)11;2*1-5(2)8(12)7(10)4-11-6(3)9;2*1-6(2)8(11)7(10)4-3-5-9;1-4-5-7(9)8(10)6(2)3;1-5(2)7(10)6(9)3-4-8;2*1-4-6(8)7(9)5(2)3/h2*5-6H,3-4,9H2,1-2H3,(H4,10,11,12);2*5,7,11H,3-4,9-10H2,1-2H3;2*6-7H,3-5,9-10H2,1-2H3;6-7H,4-5,9H2,1-3H3;5-6H,3-4,8-9H2,1-2H3;2*5-6H,4,8H2,1-3H3/t2*6-;5*7-;3*6-/m1010101010/s1. The van der Waals surface area contributed by atoms with E-state index in [-0.39, 0.29) is 165 Å². The van der Waals surface area contributed by atoms with Gasteiger partial charge in [0.2, 0.25) is 0 Å². The lowest BCUT2D eigenvalue weighted by Crippen LogP contribution is -2.42. The summed E-state index contributed by atoms with van der Waals surface area (Å²) in [6.45, 7) is 52.9. The molecule has 10 atom stereocenters. The number of nitrogens with zero attached hydrogens (tertiary/aromatic N) is 2. The second-order valence-corrected chi connectivity index (χ2v) is 29.7. The summed E-state index contributed by atoms with van der Waals surface area (Å²) in [6, 6.07) is -3.59. The molecule has 0 aliphatic rings. The fourth-order valence-electron chi connectivity index (χ4n) is 8.05. The van der Waals surface area contributed by atoms with E-state index in [4.69, 9.17) is 109 Å². The van der Waals surface area contributed by atoms with Crippen molar-refractivity contribution in [3.63, 3.8) is 0 Å². The van der Waals surface area contributed by atoms with Crippen LogP contribution in [0.4, 0.5) is 0 Å². The van der Waals surface area contributed by atoms with Crippen molar-refractivity contribution < 1.29 is 47.9 Å². The van der Waals surface area contributed by atoms with Crippen LogP contribution in [0.2, 0.25) is 0 Å². The highest BCUT2D eigenvalue weighted by Gasteiger charge is 2.22. The van der Waals surface area contributed by atoms with Crippen LogP contribution in [0.25, 0.3) is 0 Å². The van der Waals surface area contributed by atoms with E-state index >= 15 is 0 Å². The molecule has 0 aliphatic heterocycles. The number of ketones is 10. The summed E-state index contributed by atoms with van der Waals surface area (Å²) >= 11 is 0. The lowest BCUT2D eigenvalue weighted by atomic mass is 9.99. The zero-order valence-electron chi connectivity index (χ0n) is 72.6. The van der Waals surface area contributed by atoms with Gasteiger partial charge in [-0.1, -0.05) is 179 Å². The van der Waals surface area contributed by atoms with Gasteiger partial charge in [0.15, 0.2) is 69.8 Å². The van der Waals surface area contributed by atoms with Crippen molar-refractivity contribution in [3.05, 3.63) is 24.8 Å². The first-order valence-corrected chi connectivity index (χ1v) is 38.8. The van der Waals surface area contributed by atoms with Gasteiger partial charge in [-0.2, -0.15) is 0 Å². The lowest BCUT2D eigenvalue weighted by Gasteiger charge is -2.13. The summed E-state index contributed by atoms with van der Waals surface area (Å²) in [4.78, 5) is 119. The first-order chi connectivity index (χ1) is 50.3. The van der Waals surface area contributed by atoms with Crippen LogP contribution in [0.3, 0.4) is 0 Å². The fraction of sp³-hybridized carbons (Fsp3) is 0.792. The number of aliphatic imine (C=N–C) groups is 2. The van der Waals surface area contributed by atoms with Gasteiger partial charge in [-0.25, -0.2) is 0 Å². The molecule has 0 unspecified atom stereocenters. The molecule has 0 radical (unpaired) electrons. The molecule has 0 aliphatic carbocycles. The maximum Gasteiger partial charge on any atom is 0.185 e. The van der Waals surface area contributed by atoms with Crippen molar-refractivity contribution in [2.24, 2.45) is 178 Å². The molecule has 0 bridgehead atoms. The third-order valence-electron chi connectivity index (χ3n) is 15.3. The Balaban J connectivity index is -0.000000127. The summed E-state index contributed by atoms with van der Waals surface area (Å²) in [5, 5.41) is 5.44. The molecule has 0 saturated heterocycles. The Morgan fingerprint density at radius 1 is 0.273 bits per heavy atom. The molecule has 0 amide bonds. The van der Waals surface area contributed by atoms with E-state index in [1.807, 2.05) is 159 Å². The van der Waals surface area contributed by atoms with Gasteiger partial charge in [-0.3, -0.25) is 57.9 Å². The quantitative estimate of drug-likeness (QED) is 0.0301. The minimum absolute atomic E-state index is 0.0292. The van der Waals surface area contributed by atoms with Gasteiger partial charge in [0, 0.05) is 85.4 Å². The largest absolute Gasteiger partial charge is 0.386 e. The van der Waals surface area contributed by atoms with Crippen LogP contribution in [0.15, 0.2) is 34.8 Å². The lowest BCUT2D eigenvalue weighted by molar-refractivity contribution is -0.124. The molecule has 0 aromatic heterocycles. The van der Waals surface area contributed by atoms with Crippen molar-refractivity contribution in [2.75, 3.05) is 45.8 Å². The van der Waals surface area contributed by atoms with Crippen molar-refractivity contribution in [3.8, 4) is 0 Å². The highest BCUT2D eigenvalue weighted by atomic mass is 16.2. The van der Waals surface area contributed by atoms with E-state index in [0.29, 0.717) is 89.6 Å². The van der Waals surface area contributed by atoms with E-state index in [9.17, 15) is 47.9 Å². The Morgan fingerprint density at radius 3 is 0.609 bits per heavy atom. The number of guanidine groups is 2. The molecule has 0 saturated carbocycles. The summed E-state index contributed by atoms with van der Waals surface area (Å²) in [5.74, 6) is 2.01. The Bertz CT molecular complexity index is 2350. The average molecular weight is 1580 g/mol. The maximum absolute atomic E-state index is 11.3. The topological polar surface area (TPSA) is 714 Å². The van der Waals surface area contributed by atoms with Gasteiger partial charge in [-0.05, 0) is 83.8 Å². The number of carbonyl (C=O) groups is 10. The minimum Gasteiger partial charge on any atom is -0.386 e. The number of hydrogen-bond donors (Lipinski definition) is 21. The molecule has 652 valence electrons. The van der Waals surface area contributed by atoms with E-state index in [0.717, 1.165) is 38.5 Å². The molecule has 0 fully saturated rings. The molecule has 0 aromatic rings. The fourth-order valence-corrected chi connectivity index (χ4v) is 8.05. The molecule has 0 aromatic carbocycles. The third-order valence-corrected chi connectivity index (χ3v) is 15.3. The van der Waals surface area contributed by atoms with Gasteiger partial charge < -0.3 is 120 Å². The van der Waals surface area contributed by atoms with Gasteiger partial charge >= 0.3 is 0 Å². The van der Waals surface area contributed by atoms with E-state index < -0.39 is 24.2 Å². The number of nitrogens with one attached hydrogen (secondary N) is 2. The SMILES string of the molecule is C=C(N)NC[C@@H](N)C(=O)C(C)C.C=C(N)NC[C@H](N)C(=O)C(C)C.CC(C)C(=O)[C@@H](N)CCCN.CC(C)C(=O)[C@@H](N)CCN.CC(C)C(=O)[C@@H](N)CCN=C(N)N.CC(C)C(=O)[C@H](N)CCCN.CC(C)C(=O)[C@H](N)CCN=C(N)N.CCC[C@@H](N)C(=O)C(C)C.CC[C@@H](N)C(=O)C(C)C.CC[C@H](N)C(=O)C(C)C. The van der Waals surface area contributed by atoms with Gasteiger partial charge in [0.1, 0.15) is 0 Å². The first-order valence-electron chi connectivity index (χ1n) is 38.8. The van der Waals surface area contributed by atoms with Crippen molar-refractivity contribution in [1.29, 1.82) is 0 Å². The van der Waals surface area contributed by atoms with Crippen LogP contribution >= 0.6 is 0 Å². The van der Waals surface area contributed by atoms with Crippen molar-refractivity contribution in [2.45, 2.75) is 290 Å². The molecular weight excluding hydrogens is 1410 g/mol. The summed E-state index contributed by atoms with van der Waals surface area (Å²) in [7, 11) is 0. The smallest absolute Gasteiger partial charge is 0.185 e. The Labute approximate surface area is 664 Å². The molecule has 40 N–H and O–H groups in total. The van der Waals surface area contributed by atoms with Gasteiger partial charge in [0.25, 0.3) is 0 Å². The summed E-state index contributed by atoms with van der Waals surface area (Å²) in [5.41, 5.74) is 102. The van der Waals surface area contributed by atoms with Crippen molar-refractivity contribution >= 4 is 69.8 Å². The highest BCUT2D eigenvalue weighted by Crippen LogP contribution is 2.08.